The number of thioether (sulfide) groups is 1. The molecule has 0 fully saturated rings. The van der Waals surface area contributed by atoms with E-state index in [-0.39, 0.29) is 5.25 Å². The molecule has 0 aliphatic heterocycles. The van der Waals surface area contributed by atoms with Crippen LogP contribution in [0.25, 0.3) is 21.7 Å². The van der Waals surface area contributed by atoms with Crippen LogP contribution in [0.4, 0.5) is 5.82 Å². The van der Waals surface area contributed by atoms with Crippen LogP contribution < -0.4 is 5.73 Å². The average Bonchev–Trinajstić information content (AvgIpc) is 3.33. The van der Waals surface area contributed by atoms with Crippen LogP contribution in [-0.4, -0.2) is 20.2 Å². The molecule has 1 aromatic carbocycles. The zero-order chi connectivity index (χ0) is 20.8. The first-order valence-corrected chi connectivity index (χ1v) is 11.8. The van der Waals surface area contributed by atoms with E-state index >= 15 is 0 Å². The lowest BCUT2D eigenvalue weighted by molar-refractivity contribution is 0.509. The maximum Gasteiger partial charge on any atom is 0.247 e. The summed E-state index contributed by atoms with van der Waals surface area (Å²) in [6, 6.07) is 8.04. The Hall–Kier alpha value is -2.45. The van der Waals surface area contributed by atoms with Crippen LogP contribution in [0.3, 0.4) is 0 Å². The van der Waals surface area contributed by atoms with Gasteiger partial charge in [-0.2, -0.15) is 0 Å². The lowest BCUT2D eigenvalue weighted by Crippen LogP contribution is -2.09. The summed E-state index contributed by atoms with van der Waals surface area (Å²) in [5.74, 6) is 2.37. The third kappa shape index (κ3) is 3.58. The van der Waals surface area contributed by atoms with Crippen LogP contribution >= 0.6 is 23.1 Å². The van der Waals surface area contributed by atoms with Gasteiger partial charge in [0.05, 0.1) is 10.6 Å². The van der Waals surface area contributed by atoms with Crippen molar-refractivity contribution in [1.82, 2.24) is 20.2 Å². The van der Waals surface area contributed by atoms with E-state index in [1.807, 2.05) is 31.2 Å². The number of benzene rings is 1. The minimum absolute atomic E-state index is 0.0804. The van der Waals surface area contributed by atoms with Crippen molar-refractivity contribution in [3.8, 4) is 11.5 Å². The van der Waals surface area contributed by atoms with Gasteiger partial charge in [0.15, 0.2) is 5.16 Å². The molecular formula is C22H23N5OS2. The van der Waals surface area contributed by atoms with Crippen LogP contribution in [0.1, 0.15) is 47.4 Å². The molecule has 5 rings (SSSR count). The molecule has 0 radical (unpaired) electrons. The Kier molecular flexibility index (Phi) is 4.99. The second-order valence-corrected chi connectivity index (χ2v) is 10.4. The molecule has 4 aromatic rings. The normalized spacial score (nSPS) is 17.2. The summed E-state index contributed by atoms with van der Waals surface area (Å²) in [5, 5.41) is 10.1. The lowest BCUT2D eigenvalue weighted by Gasteiger charge is -2.17. The van der Waals surface area contributed by atoms with Crippen molar-refractivity contribution in [1.29, 1.82) is 0 Å². The minimum atomic E-state index is -0.0804. The monoisotopic (exact) mass is 437 g/mol. The van der Waals surface area contributed by atoms with Crippen molar-refractivity contribution in [3.05, 3.63) is 46.2 Å². The van der Waals surface area contributed by atoms with E-state index in [4.69, 9.17) is 15.1 Å². The second kappa shape index (κ2) is 7.67. The number of aryl methyl sites for hydroxylation is 2. The quantitative estimate of drug-likeness (QED) is 0.328. The maximum absolute atomic E-state index is 6.36. The van der Waals surface area contributed by atoms with Gasteiger partial charge in [0, 0.05) is 10.4 Å². The third-order valence-electron chi connectivity index (χ3n) is 5.53. The average molecular weight is 438 g/mol. The van der Waals surface area contributed by atoms with Crippen molar-refractivity contribution < 1.29 is 4.42 Å². The number of thiophene rings is 1. The number of fused-ring (bicyclic) bond motifs is 3. The Bertz CT molecular complexity index is 1210. The SMILES string of the molecule is Cc1ccc(-c2nnc([C@@H](C)Sc3nc(N)c4c5c(sc4n3)C[C@H](C)CC5)o2)cc1. The van der Waals surface area contributed by atoms with Gasteiger partial charge in [-0.05, 0) is 56.7 Å². The summed E-state index contributed by atoms with van der Waals surface area (Å²) in [4.78, 5) is 11.8. The Balaban J connectivity index is 1.40. The van der Waals surface area contributed by atoms with Crippen LogP contribution in [0.5, 0.6) is 0 Å². The number of nitrogens with zero attached hydrogens (tertiary/aromatic N) is 4. The molecule has 0 spiro atoms. The molecule has 1 aliphatic rings. The Labute approximate surface area is 183 Å². The van der Waals surface area contributed by atoms with E-state index in [2.05, 4.69) is 29.0 Å². The highest BCUT2D eigenvalue weighted by molar-refractivity contribution is 7.99. The van der Waals surface area contributed by atoms with Gasteiger partial charge >= 0.3 is 0 Å². The summed E-state index contributed by atoms with van der Waals surface area (Å²) in [6.07, 6.45) is 3.38. The van der Waals surface area contributed by atoms with Gasteiger partial charge in [-0.3, -0.25) is 0 Å². The molecule has 0 saturated heterocycles. The van der Waals surface area contributed by atoms with E-state index in [9.17, 15) is 0 Å². The zero-order valence-corrected chi connectivity index (χ0v) is 18.8. The van der Waals surface area contributed by atoms with Gasteiger partial charge in [0.1, 0.15) is 10.6 Å². The number of aromatic nitrogens is 4. The molecule has 2 N–H and O–H groups in total. The highest BCUT2D eigenvalue weighted by Crippen LogP contribution is 2.41. The van der Waals surface area contributed by atoms with Gasteiger partial charge in [0.2, 0.25) is 11.8 Å². The highest BCUT2D eigenvalue weighted by Gasteiger charge is 2.24. The zero-order valence-electron chi connectivity index (χ0n) is 17.2. The summed E-state index contributed by atoms with van der Waals surface area (Å²) in [7, 11) is 0. The summed E-state index contributed by atoms with van der Waals surface area (Å²) in [5.41, 5.74) is 9.82. The van der Waals surface area contributed by atoms with Crippen molar-refractivity contribution in [2.24, 2.45) is 5.92 Å². The first kappa shape index (κ1) is 19.5. The van der Waals surface area contributed by atoms with Crippen molar-refractivity contribution in [2.45, 2.75) is 50.4 Å². The topological polar surface area (TPSA) is 90.7 Å². The third-order valence-corrected chi connectivity index (χ3v) is 7.63. The van der Waals surface area contributed by atoms with Crippen molar-refractivity contribution in [2.75, 3.05) is 5.73 Å². The molecule has 1 aliphatic carbocycles. The fraction of sp³-hybridized carbons (Fsp3) is 0.364. The fourth-order valence-electron chi connectivity index (χ4n) is 3.82. The molecule has 8 heteroatoms. The van der Waals surface area contributed by atoms with Crippen molar-refractivity contribution in [3.63, 3.8) is 0 Å². The number of hydrogen-bond donors (Lipinski definition) is 1. The van der Waals surface area contributed by atoms with Gasteiger partial charge in [-0.1, -0.05) is 36.4 Å². The maximum atomic E-state index is 6.36. The lowest BCUT2D eigenvalue weighted by atomic mass is 9.89. The Morgan fingerprint density at radius 1 is 1.20 bits per heavy atom. The van der Waals surface area contributed by atoms with E-state index < -0.39 is 0 Å². The smallest absolute Gasteiger partial charge is 0.247 e. The van der Waals surface area contributed by atoms with Gasteiger partial charge in [-0.25, -0.2) is 9.97 Å². The predicted octanol–water partition coefficient (Wildman–Crippen LogP) is 5.61. The molecule has 0 saturated carbocycles. The molecule has 30 heavy (non-hydrogen) atoms. The molecule has 3 heterocycles. The number of hydrogen-bond acceptors (Lipinski definition) is 8. The molecule has 0 bridgehead atoms. The molecule has 2 atom stereocenters. The van der Waals surface area contributed by atoms with Gasteiger partial charge in [-0.15, -0.1) is 21.5 Å². The Morgan fingerprint density at radius 2 is 2.00 bits per heavy atom. The molecule has 0 amide bonds. The second-order valence-electron chi connectivity index (χ2n) is 7.99. The van der Waals surface area contributed by atoms with Gasteiger partial charge < -0.3 is 10.2 Å². The van der Waals surface area contributed by atoms with Crippen LogP contribution in [0.2, 0.25) is 0 Å². The number of nitrogen functional groups attached to an aromatic ring is 1. The van der Waals surface area contributed by atoms with E-state index in [0.29, 0.717) is 28.7 Å². The number of anilines is 1. The van der Waals surface area contributed by atoms with Crippen LogP contribution in [0, 0.1) is 12.8 Å². The first-order valence-electron chi connectivity index (χ1n) is 10.1. The summed E-state index contributed by atoms with van der Waals surface area (Å²) < 4.78 is 5.91. The molecule has 154 valence electrons. The fourth-order valence-corrected chi connectivity index (χ4v) is 6.08. The summed E-state index contributed by atoms with van der Waals surface area (Å²) >= 11 is 3.25. The van der Waals surface area contributed by atoms with E-state index in [1.165, 1.54) is 34.2 Å². The molecular weight excluding hydrogens is 414 g/mol. The summed E-state index contributed by atoms with van der Waals surface area (Å²) in [6.45, 7) is 6.37. The number of rotatable bonds is 4. The van der Waals surface area contributed by atoms with E-state index in [1.54, 1.807) is 11.3 Å². The molecule has 3 aromatic heterocycles. The standard InChI is InChI=1S/C22H23N5OS2/c1-11-4-7-14(8-5-11)20-27-26-19(28-20)13(3)29-22-24-18(23)17-15-9-6-12(2)10-16(15)30-21(17)25-22/h4-5,7-8,12-13H,6,9-10H2,1-3H3,(H2,23,24,25)/t12-,13-/m1/s1. The largest absolute Gasteiger partial charge is 0.419 e. The number of nitrogens with two attached hydrogens (primary N) is 1. The van der Waals surface area contributed by atoms with Crippen LogP contribution in [-0.2, 0) is 12.8 Å². The van der Waals surface area contributed by atoms with Crippen LogP contribution in [0.15, 0.2) is 33.8 Å². The Morgan fingerprint density at radius 3 is 2.80 bits per heavy atom. The molecule has 6 nitrogen and oxygen atoms in total. The van der Waals surface area contributed by atoms with Gasteiger partial charge in [0.25, 0.3) is 0 Å². The molecule has 0 unspecified atom stereocenters. The van der Waals surface area contributed by atoms with Crippen molar-refractivity contribution >= 4 is 39.1 Å². The highest BCUT2D eigenvalue weighted by atomic mass is 32.2. The minimum Gasteiger partial charge on any atom is -0.419 e. The first-order chi connectivity index (χ1) is 14.5. The predicted molar refractivity (Wildman–Crippen MR) is 122 cm³/mol. The van der Waals surface area contributed by atoms with E-state index in [0.717, 1.165) is 28.6 Å².